The fraction of sp³-hybridized carbons (Fsp3) is 0.545. The van der Waals surface area contributed by atoms with Gasteiger partial charge in [0.15, 0.2) is 9.84 Å². The van der Waals surface area contributed by atoms with Crippen molar-refractivity contribution in [1.82, 2.24) is 4.98 Å². The van der Waals surface area contributed by atoms with Crippen molar-refractivity contribution >= 4 is 21.4 Å². The first-order chi connectivity index (χ1) is 7.30. The summed E-state index contributed by atoms with van der Waals surface area (Å²) in [4.78, 5) is 4.20. The number of hydrogen-bond donors (Lipinski definition) is 0. The van der Waals surface area contributed by atoms with Gasteiger partial charge in [0.2, 0.25) is 0 Å². The molecule has 0 aliphatic carbocycles. The van der Waals surface area contributed by atoms with Crippen LogP contribution in [-0.4, -0.2) is 30.3 Å². The molecule has 0 N–H and O–H groups in total. The fourth-order valence-corrected chi connectivity index (χ4v) is 2.60. The van der Waals surface area contributed by atoms with E-state index in [0.29, 0.717) is 6.42 Å². The lowest BCUT2D eigenvalue weighted by Gasteiger charge is -2.15. The van der Waals surface area contributed by atoms with Crippen molar-refractivity contribution < 1.29 is 8.42 Å². The average Bonchev–Trinajstić information content (AvgIpc) is 2.19. The van der Waals surface area contributed by atoms with Gasteiger partial charge in [0.25, 0.3) is 0 Å². The Morgan fingerprint density at radius 2 is 2.06 bits per heavy atom. The highest BCUT2D eigenvalue weighted by molar-refractivity contribution is 7.91. The van der Waals surface area contributed by atoms with Crippen molar-refractivity contribution in [1.29, 1.82) is 0 Å². The van der Waals surface area contributed by atoms with Gasteiger partial charge in [-0.15, -0.1) is 11.6 Å². The van der Waals surface area contributed by atoms with Crippen molar-refractivity contribution in [2.75, 3.05) is 6.26 Å². The minimum Gasteiger partial charge on any atom is -0.261 e. The molecule has 0 bridgehead atoms. The number of rotatable bonds is 4. The standard InChI is InChI=1S/C11H16ClNO2S/c1-8-4-5-10(13-7-8)6-11(12)9(2)16(3,14)15/h4-5,7,9,11H,6H2,1-3H3. The number of sulfone groups is 1. The number of aromatic nitrogens is 1. The Bertz CT molecular complexity index is 442. The van der Waals surface area contributed by atoms with Gasteiger partial charge in [-0.25, -0.2) is 8.42 Å². The van der Waals surface area contributed by atoms with Crippen molar-refractivity contribution in [3.05, 3.63) is 29.6 Å². The second-order valence-electron chi connectivity index (χ2n) is 4.08. The maximum absolute atomic E-state index is 11.3. The molecule has 1 aromatic rings. The Balaban J connectivity index is 2.71. The van der Waals surface area contributed by atoms with Crippen LogP contribution in [0.25, 0.3) is 0 Å². The van der Waals surface area contributed by atoms with Gasteiger partial charge < -0.3 is 0 Å². The lowest BCUT2D eigenvalue weighted by molar-refractivity contribution is 0.584. The summed E-state index contributed by atoms with van der Waals surface area (Å²) in [7, 11) is -3.09. The molecule has 0 saturated carbocycles. The lowest BCUT2D eigenvalue weighted by atomic mass is 10.1. The third-order valence-electron chi connectivity index (χ3n) is 2.56. The minimum atomic E-state index is -3.09. The van der Waals surface area contributed by atoms with E-state index in [2.05, 4.69) is 4.98 Å². The van der Waals surface area contributed by atoms with E-state index in [1.807, 2.05) is 19.1 Å². The molecule has 0 saturated heterocycles. The van der Waals surface area contributed by atoms with Crippen LogP contribution in [-0.2, 0) is 16.3 Å². The largest absolute Gasteiger partial charge is 0.261 e. The summed E-state index contributed by atoms with van der Waals surface area (Å²) in [5.41, 5.74) is 1.90. The fourth-order valence-electron chi connectivity index (χ4n) is 1.25. The van der Waals surface area contributed by atoms with E-state index in [1.165, 1.54) is 6.26 Å². The van der Waals surface area contributed by atoms with Crippen LogP contribution in [0.3, 0.4) is 0 Å². The molecule has 0 spiro atoms. The number of nitrogens with zero attached hydrogens (tertiary/aromatic N) is 1. The van der Waals surface area contributed by atoms with Crippen LogP contribution in [0.15, 0.2) is 18.3 Å². The number of hydrogen-bond acceptors (Lipinski definition) is 3. The summed E-state index contributed by atoms with van der Waals surface area (Å²) < 4.78 is 22.6. The minimum absolute atomic E-state index is 0.440. The summed E-state index contributed by atoms with van der Waals surface area (Å²) in [5, 5.41) is -0.998. The van der Waals surface area contributed by atoms with Crippen molar-refractivity contribution in [3.8, 4) is 0 Å². The van der Waals surface area contributed by atoms with E-state index >= 15 is 0 Å². The first kappa shape index (κ1) is 13.5. The zero-order valence-corrected chi connectivity index (χ0v) is 11.2. The van der Waals surface area contributed by atoms with Crippen LogP contribution in [0.4, 0.5) is 0 Å². The highest BCUT2D eigenvalue weighted by Gasteiger charge is 2.24. The number of alkyl halides is 1. The Morgan fingerprint density at radius 3 is 2.50 bits per heavy atom. The van der Waals surface area contributed by atoms with Gasteiger partial charge in [0, 0.05) is 24.6 Å². The zero-order chi connectivity index (χ0) is 12.3. The van der Waals surface area contributed by atoms with E-state index in [9.17, 15) is 8.42 Å². The second-order valence-corrected chi connectivity index (χ2v) is 7.04. The SMILES string of the molecule is Cc1ccc(CC(Cl)C(C)S(C)(=O)=O)nc1. The molecule has 1 aromatic heterocycles. The molecular weight excluding hydrogens is 246 g/mol. The van der Waals surface area contributed by atoms with Gasteiger partial charge in [-0.1, -0.05) is 6.07 Å². The molecule has 1 rings (SSSR count). The average molecular weight is 262 g/mol. The molecule has 2 atom stereocenters. The maximum Gasteiger partial charge on any atom is 0.151 e. The van der Waals surface area contributed by atoms with E-state index in [0.717, 1.165) is 11.3 Å². The molecule has 16 heavy (non-hydrogen) atoms. The van der Waals surface area contributed by atoms with E-state index in [4.69, 9.17) is 11.6 Å². The molecular formula is C11H16ClNO2S. The highest BCUT2D eigenvalue weighted by atomic mass is 35.5. The van der Waals surface area contributed by atoms with E-state index in [1.54, 1.807) is 13.1 Å². The number of halogens is 1. The Morgan fingerprint density at radius 1 is 1.44 bits per heavy atom. The Labute approximate surface area is 102 Å². The molecule has 0 aromatic carbocycles. The first-order valence-electron chi connectivity index (χ1n) is 5.05. The smallest absolute Gasteiger partial charge is 0.151 e. The van der Waals surface area contributed by atoms with Crippen molar-refractivity contribution in [2.45, 2.75) is 30.9 Å². The first-order valence-corrected chi connectivity index (χ1v) is 7.44. The molecule has 0 aliphatic rings. The summed E-state index contributed by atoms with van der Waals surface area (Å²) in [6.07, 6.45) is 3.43. The van der Waals surface area contributed by atoms with Gasteiger partial charge >= 0.3 is 0 Å². The zero-order valence-electron chi connectivity index (χ0n) is 9.64. The van der Waals surface area contributed by atoms with Gasteiger partial charge in [-0.3, -0.25) is 4.98 Å². The quantitative estimate of drug-likeness (QED) is 0.779. The monoisotopic (exact) mass is 261 g/mol. The number of aryl methyl sites for hydroxylation is 1. The number of pyridine rings is 1. The second kappa shape index (κ2) is 5.15. The molecule has 5 heteroatoms. The molecule has 0 fully saturated rings. The summed E-state index contributed by atoms with van der Waals surface area (Å²) in [6.45, 7) is 3.58. The van der Waals surface area contributed by atoms with Crippen molar-refractivity contribution in [2.24, 2.45) is 0 Å². The summed E-state index contributed by atoms with van der Waals surface area (Å²) >= 11 is 6.07. The predicted molar refractivity (Wildman–Crippen MR) is 66.6 cm³/mol. The molecule has 90 valence electrons. The summed E-state index contributed by atoms with van der Waals surface area (Å²) in [5.74, 6) is 0. The predicted octanol–water partition coefficient (Wildman–Crippen LogP) is 1.97. The normalized spacial score (nSPS) is 15.8. The molecule has 0 aliphatic heterocycles. The molecule has 0 radical (unpaired) electrons. The van der Waals surface area contributed by atoms with Crippen LogP contribution in [0.1, 0.15) is 18.2 Å². The third kappa shape index (κ3) is 3.76. The van der Waals surface area contributed by atoms with Crippen LogP contribution in [0.5, 0.6) is 0 Å². The Hall–Kier alpha value is -0.610. The van der Waals surface area contributed by atoms with E-state index < -0.39 is 20.5 Å². The summed E-state index contributed by atoms with van der Waals surface area (Å²) in [6, 6.07) is 3.82. The molecule has 0 amide bonds. The maximum atomic E-state index is 11.3. The van der Waals surface area contributed by atoms with Crippen LogP contribution in [0, 0.1) is 6.92 Å². The van der Waals surface area contributed by atoms with Crippen LogP contribution >= 0.6 is 11.6 Å². The van der Waals surface area contributed by atoms with Gasteiger partial charge in [0.05, 0.1) is 10.6 Å². The molecule has 2 unspecified atom stereocenters. The highest BCUT2D eigenvalue weighted by Crippen LogP contribution is 2.15. The third-order valence-corrected chi connectivity index (χ3v) is 4.92. The lowest BCUT2D eigenvalue weighted by Crippen LogP contribution is -2.28. The molecule has 1 heterocycles. The topological polar surface area (TPSA) is 47.0 Å². The van der Waals surface area contributed by atoms with Crippen LogP contribution in [0.2, 0.25) is 0 Å². The van der Waals surface area contributed by atoms with Crippen LogP contribution < -0.4 is 0 Å². The van der Waals surface area contributed by atoms with Gasteiger partial charge in [0.1, 0.15) is 0 Å². The van der Waals surface area contributed by atoms with Gasteiger partial charge in [-0.2, -0.15) is 0 Å². The van der Waals surface area contributed by atoms with Gasteiger partial charge in [-0.05, 0) is 25.5 Å². The Kier molecular flexibility index (Phi) is 4.33. The van der Waals surface area contributed by atoms with Crippen molar-refractivity contribution in [3.63, 3.8) is 0 Å². The molecule has 3 nitrogen and oxygen atoms in total. The van der Waals surface area contributed by atoms with E-state index in [-0.39, 0.29) is 0 Å².